The lowest BCUT2D eigenvalue weighted by Gasteiger charge is -2.18. The van der Waals surface area contributed by atoms with Gasteiger partial charge in [0.1, 0.15) is 5.82 Å². The summed E-state index contributed by atoms with van der Waals surface area (Å²) in [7, 11) is 0. The minimum absolute atomic E-state index is 0.0694. The number of nitrogens with one attached hydrogen (secondary N) is 1. The van der Waals surface area contributed by atoms with Crippen LogP contribution in [0.3, 0.4) is 0 Å². The summed E-state index contributed by atoms with van der Waals surface area (Å²) in [4.78, 5) is 23.8. The Morgan fingerprint density at radius 2 is 1.92 bits per heavy atom. The van der Waals surface area contributed by atoms with Gasteiger partial charge in [0, 0.05) is 12.1 Å². The quantitative estimate of drug-likeness (QED) is 0.875. The summed E-state index contributed by atoms with van der Waals surface area (Å²) in [5.41, 5.74) is 3.07. The first kappa shape index (κ1) is 17.1. The van der Waals surface area contributed by atoms with Crippen LogP contribution in [0.1, 0.15) is 33.0 Å². The van der Waals surface area contributed by atoms with Crippen LogP contribution in [0.2, 0.25) is 0 Å². The van der Waals surface area contributed by atoms with Crippen molar-refractivity contribution in [3.05, 3.63) is 70.5 Å². The third-order valence-electron chi connectivity index (χ3n) is 4.28. The first-order valence-corrected chi connectivity index (χ1v) is 8.00. The van der Waals surface area contributed by atoms with Crippen LogP contribution in [0.4, 0.5) is 4.39 Å². The van der Waals surface area contributed by atoms with Gasteiger partial charge in [-0.15, -0.1) is 0 Å². The maximum absolute atomic E-state index is 13.0. The summed E-state index contributed by atoms with van der Waals surface area (Å²) in [5, 5.41) is 12.0. The van der Waals surface area contributed by atoms with Crippen LogP contribution in [-0.2, 0) is 22.6 Å². The van der Waals surface area contributed by atoms with E-state index < -0.39 is 17.7 Å². The fourth-order valence-electron chi connectivity index (χ4n) is 2.84. The summed E-state index contributed by atoms with van der Waals surface area (Å²) < 4.78 is 18.4. The molecule has 2 aromatic rings. The molecule has 0 fully saturated rings. The van der Waals surface area contributed by atoms with Crippen molar-refractivity contribution in [1.29, 1.82) is 0 Å². The number of hydrogen-bond donors (Lipinski definition) is 2. The smallest absolute Gasteiger partial charge is 0.312 e. The minimum atomic E-state index is -1.07. The molecule has 1 aliphatic rings. The summed E-state index contributed by atoms with van der Waals surface area (Å²) in [5.74, 6) is -2.78. The summed E-state index contributed by atoms with van der Waals surface area (Å²) >= 11 is 0. The molecule has 1 aliphatic heterocycles. The number of carbonyl (C=O) groups is 2. The maximum Gasteiger partial charge on any atom is 0.312 e. The molecular weight excluding hydrogens is 325 g/mol. The average molecular weight is 343 g/mol. The molecule has 0 aliphatic carbocycles. The number of fused-ring (bicyclic) bond motifs is 1. The van der Waals surface area contributed by atoms with Crippen LogP contribution in [0.15, 0.2) is 42.5 Å². The lowest BCUT2D eigenvalue weighted by Crippen LogP contribution is -2.32. The molecule has 0 saturated heterocycles. The number of aliphatic carboxylic acids is 1. The van der Waals surface area contributed by atoms with Crippen LogP contribution < -0.4 is 5.32 Å². The molecule has 1 atom stereocenters. The second-order valence-electron chi connectivity index (χ2n) is 5.94. The molecule has 5 nitrogen and oxygen atoms in total. The Labute approximate surface area is 144 Å². The molecule has 2 N–H and O–H groups in total. The molecule has 3 rings (SSSR count). The highest BCUT2D eigenvalue weighted by molar-refractivity contribution is 5.95. The van der Waals surface area contributed by atoms with E-state index in [4.69, 9.17) is 4.74 Å². The third kappa shape index (κ3) is 4.03. The van der Waals surface area contributed by atoms with Crippen molar-refractivity contribution < 1.29 is 23.8 Å². The number of carbonyl (C=O) groups excluding carboxylic acids is 1. The Hall–Kier alpha value is -2.73. The Morgan fingerprint density at radius 1 is 1.16 bits per heavy atom. The van der Waals surface area contributed by atoms with Crippen molar-refractivity contribution in [3.8, 4) is 0 Å². The summed E-state index contributed by atoms with van der Waals surface area (Å²) in [6, 6.07) is 10.6. The molecule has 1 amide bonds. The topological polar surface area (TPSA) is 75.6 Å². The predicted molar refractivity (Wildman–Crippen MR) is 88.9 cm³/mol. The standard InChI is InChI=1S/C19H18FNO4/c20-16-5-3-12(4-6-16)17(19(23)24)10-21-18(22)14-1-2-15-11-25-8-7-13(15)9-14/h1-6,9,17H,7-8,10-11H2,(H,21,22)(H,23,24). The molecule has 25 heavy (non-hydrogen) atoms. The number of carboxylic acid groups (broad SMARTS) is 1. The van der Waals surface area contributed by atoms with Gasteiger partial charge in [-0.1, -0.05) is 18.2 Å². The van der Waals surface area contributed by atoms with Crippen molar-refractivity contribution in [2.24, 2.45) is 0 Å². The monoisotopic (exact) mass is 343 g/mol. The number of rotatable bonds is 5. The van der Waals surface area contributed by atoms with E-state index in [1.165, 1.54) is 24.3 Å². The fourth-order valence-corrected chi connectivity index (χ4v) is 2.84. The van der Waals surface area contributed by atoms with Gasteiger partial charge in [-0.3, -0.25) is 9.59 Å². The molecule has 2 aromatic carbocycles. The second-order valence-corrected chi connectivity index (χ2v) is 5.94. The minimum Gasteiger partial charge on any atom is -0.481 e. The lowest BCUT2D eigenvalue weighted by molar-refractivity contribution is -0.138. The molecule has 0 radical (unpaired) electrons. The highest BCUT2D eigenvalue weighted by atomic mass is 19.1. The normalized spacial score (nSPS) is 14.4. The van der Waals surface area contributed by atoms with Gasteiger partial charge in [0.05, 0.1) is 19.1 Å². The zero-order valence-corrected chi connectivity index (χ0v) is 13.5. The van der Waals surface area contributed by atoms with Gasteiger partial charge in [0.25, 0.3) is 5.91 Å². The summed E-state index contributed by atoms with van der Waals surface area (Å²) in [6.45, 7) is 1.10. The highest BCUT2D eigenvalue weighted by Crippen LogP contribution is 2.19. The first-order valence-electron chi connectivity index (χ1n) is 8.00. The van der Waals surface area contributed by atoms with Crippen molar-refractivity contribution in [1.82, 2.24) is 5.32 Å². The van der Waals surface area contributed by atoms with E-state index in [2.05, 4.69) is 5.32 Å². The molecule has 0 bridgehead atoms. The van der Waals surface area contributed by atoms with Crippen molar-refractivity contribution in [2.45, 2.75) is 18.9 Å². The zero-order chi connectivity index (χ0) is 17.8. The van der Waals surface area contributed by atoms with E-state index in [1.807, 2.05) is 12.1 Å². The van der Waals surface area contributed by atoms with Crippen molar-refractivity contribution in [2.75, 3.05) is 13.2 Å². The molecule has 0 spiro atoms. The van der Waals surface area contributed by atoms with E-state index in [-0.39, 0.29) is 12.5 Å². The van der Waals surface area contributed by atoms with Crippen LogP contribution in [-0.4, -0.2) is 30.1 Å². The van der Waals surface area contributed by atoms with E-state index >= 15 is 0 Å². The SMILES string of the molecule is O=C(NCC(C(=O)O)c1ccc(F)cc1)c1ccc2c(c1)CCOC2. The van der Waals surface area contributed by atoms with Crippen LogP contribution >= 0.6 is 0 Å². The van der Waals surface area contributed by atoms with Gasteiger partial charge in [-0.25, -0.2) is 4.39 Å². The van der Waals surface area contributed by atoms with E-state index in [0.29, 0.717) is 24.3 Å². The third-order valence-corrected chi connectivity index (χ3v) is 4.28. The molecule has 0 saturated carbocycles. The Morgan fingerprint density at radius 3 is 2.64 bits per heavy atom. The van der Waals surface area contributed by atoms with Gasteiger partial charge in [0.2, 0.25) is 0 Å². The van der Waals surface area contributed by atoms with Crippen LogP contribution in [0.5, 0.6) is 0 Å². The second kappa shape index (κ2) is 7.44. The first-order chi connectivity index (χ1) is 12.0. The van der Waals surface area contributed by atoms with E-state index in [1.54, 1.807) is 6.07 Å². The highest BCUT2D eigenvalue weighted by Gasteiger charge is 2.21. The van der Waals surface area contributed by atoms with Crippen molar-refractivity contribution in [3.63, 3.8) is 0 Å². The number of ether oxygens (including phenoxy) is 1. The fraction of sp³-hybridized carbons (Fsp3) is 0.263. The van der Waals surface area contributed by atoms with Gasteiger partial charge in [0.15, 0.2) is 0 Å². The van der Waals surface area contributed by atoms with Gasteiger partial charge >= 0.3 is 5.97 Å². The van der Waals surface area contributed by atoms with Gasteiger partial charge < -0.3 is 15.2 Å². The Kier molecular flexibility index (Phi) is 5.09. The lowest BCUT2D eigenvalue weighted by atomic mass is 9.98. The number of halogens is 1. The average Bonchev–Trinajstić information content (AvgIpc) is 2.62. The molecule has 0 aromatic heterocycles. The number of amides is 1. The van der Waals surface area contributed by atoms with E-state index in [9.17, 15) is 19.1 Å². The Bertz CT molecular complexity index is 789. The summed E-state index contributed by atoms with van der Waals surface area (Å²) in [6.07, 6.45) is 0.754. The molecule has 6 heteroatoms. The largest absolute Gasteiger partial charge is 0.481 e. The number of benzene rings is 2. The Balaban J connectivity index is 1.69. The molecular formula is C19H18FNO4. The molecule has 1 heterocycles. The predicted octanol–water partition coefficient (Wildman–Crippen LogP) is 2.50. The van der Waals surface area contributed by atoms with E-state index in [0.717, 1.165) is 17.5 Å². The number of hydrogen-bond acceptors (Lipinski definition) is 3. The number of carboxylic acids is 1. The zero-order valence-electron chi connectivity index (χ0n) is 13.5. The molecule has 130 valence electrons. The van der Waals surface area contributed by atoms with Crippen LogP contribution in [0, 0.1) is 5.82 Å². The van der Waals surface area contributed by atoms with Crippen LogP contribution in [0.25, 0.3) is 0 Å². The van der Waals surface area contributed by atoms with Gasteiger partial charge in [-0.05, 0) is 47.4 Å². The van der Waals surface area contributed by atoms with Crippen molar-refractivity contribution >= 4 is 11.9 Å². The maximum atomic E-state index is 13.0. The van der Waals surface area contributed by atoms with Gasteiger partial charge in [-0.2, -0.15) is 0 Å². The molecule has 1 unspecified atom stereocenters.